The highest BCUT2D eigenvalue weighted by molar-refractivity contribution is 7.80. The van der Waals surface area contributed by atoms with Crippen LogP contribution in [0.25, 0.3) is 0 Å². The minimum absolute atomic E-state index is 0.00292. The lowest BCUT2D eigenvalue weighted by atomic mass is 10.2. The number of benzene rings is 1. The Bertz CT molecular complexity index is 747. The van der Waals surface area contributed by atoms with Gasteiger partial charge in [-0.05, 0) is 55.2 Å². The maximum atomic E-state index is 12.2. The highest BCUT2D eigenvalue weighted by Gasteiger charge is 2.11. The summed E-state index contributed by atoms with van der Waals surface area (Å²) < 4.78 is 5.70. The molecule has 8 heteroatoms. The van der Waals surface area contributed by atoms with Gasteiger partial charge in [0.2, 0.25) is 0 Å². The number of thiophene rings is 1. The van der Waals surface area contributed by atoms with Crippen molar-refractivity contribution in [3.05, 3.63) is 52.2 Å². The molecule has 0 radical (unpaired) electrons. The molecule has 2 rings (SSSR count). The van der Waals surface area contributed by atoms with E-state index in [9.17, 15) is 9.59 Å². The maximum absolute atomic E-state index is 12.2. The molecule has 0 aliphatic rings. The van der Waals surface area contributed by atoms with Gasteiger partial charge in [0.05, 0.1) is 11.0 Å². The zero-order valence-corrected chi connectivity index (χ0v) is 15.5. The minimum Gasteiger partial charge on any atom is -0.491 e. The molecule has 6 nitrogen and oxygen atoms in total. The monoisotopic (exact) mass is 377 g/mol. The third kappa shape index (κ3) is 5.84. The summed E-state index contributed by atoms with van der Waals surface area (Å²) in [7, 11) is 0. The zero-order chi connectivity index (χ0) is 18.2. The molecule has 2 amide bonds. The molecule has 1 aromatic heterocycles. The fourth-order valence-electron chi connectivity index (χ4n) is 1.82. The quantitative estimate of drug-likeness (QED) is 0.552. The molecule has 25 heavy (non-hydrogen) atoms. The van der Waals surface area contributed by atoms with Gasteiger partial charge >= 0.3 is 0 Å². The van der Waals surface area contributed by atoms with E-state index in [1.54, 1.807) is 41.8 Å². The smallest absolute Gasteiger partial charge is 0.279 e. The van der Waals surface area contributed by atoms with Crippen LogP contribution in [0.4, 0.5) is 0 Å². The van der Waals surface area contributed by atoms with Gasteiger partial charge in [-0.1, -0.05) is 19.1 Å². The van der Waals surface area contributed by atoms with Crippen LogP contribution in [0.2, 0.25) is 0 Å². The Kier molecular flexibility index (Phi) is 6.91. The van der Waals surface area contributed by atoms with Crippen LogP contribution >= 0.6 is 23.6 Å². The number of amides is 2. The van der Waals surface area contributed by atoms with Crippen molar-refractivity contribution >= 4 is 40.5 Å². The Morgan fingerprint density at radius 2 is 2.00 bits per heavy atom. The minimum atomic E-state index is -0.391. The lowest BCUT2D eigenvalue weighted by molar-refractivity contribution is 0.0938. The molecule has 0 bridgehead atoms. The van der Waals surface area contributed by atoms with Gasteiger partial charge < -0.3 is 4.74 Å². The Morgan fingerprint density at radius 1 is 1.20 bits per heavy atom. The molecule has 1 atom stereocenters. The van der Waals surface area contributed by atoms with Crippen LogP contribution in [0, 0.1) is 0 Å². The summed E-state index contributed by atoms with van der Waals surface area (Å²) in [6, 6.07) is 10.3. The molecular formula is C17H19N3O3S2. The van der Waals surface area contributed by atoms with Gasteiger partial charge in [0.15, 0.2) is 5.11 Å². The van der Waals surface area contributed by atoms with Crippen molar-refractivity contribution in [3.8, 4) is 5.75 Å². The van der Waals surface area contributed by atoms with Crippen molar-refractivity contribution in [2.24, 2.45) is 0 Å². The van der Waals surface area contributed by atoms with Crippen molar-refractivity contribution in [3.63, 3.8) is 0 Å². The first-order valence-corrected chi connectivity index (χ1v) is 9.00. The van der Waals surface area contributed by atoms with Crippen LogP contribution in [0.3, 0.4) is 0 Å². The lowest BCUT2D eigenvalue weighted by Gasteiger charge is -2.14. The molecule has 1 unspecified atom stereocenters. The van der Waals surface area contributed by atoms with Gasteiger partial charge in [-0.2, -0.15) is 0 Å². The van der Waals surface area contributed by atoms with E-state index < -0.39 is 5.91 Å². The second kappa shape index (κ2) is 9.14. The number of carbonyl (C=O) groups is 2. The van der Waals surface area contributed by atoms with E-state index >= 15 is 0 Å². The molecule has 2 aromatic rings. The first kappa shape index (κ1) is 18.9. The van der Waals surface area contributed by atoms with Gasteiger partial charge in [0.1, 0.15) is 5.75 Å². The maximum Gasteiger partial charge on any atom is 0.279 e. The highest BCUT2D eigenvalue weighted by Crippen LogP contribution is 2.15. The van der Waals surface area contributed by atoms with Crippen LogP contribution in [0.15, 0.2) is 41.8 Å². The number of rotatable bonds is 5. The van der Waals surface area contributed by atoms with Gasteiger partial charge in [-0.3, -0.25) is 25.8 Å². The Hall–Kier alpha value is -2.45. The van der Waals surface area contributed by atoms with Crippen LogP contribution in [0.5, 0.6) is 5.75 Å². The van der Waals surface area contributed by atoms with Gasteiger partial charge in [0.25, 0.3) is 11.8 Å². The average Bonchev–Trinajstić information content (AvgIpc) is 3.14. The predicted molar refractivity (Wildman–Crippen MR) is 102 cm³/mol. The first-order valence-electron chi connectivity index (χ1n) is 7.71. The van der Waals surface area contributed by atoms with Crippen molar-refractivity contribution < 1.29 is 14.3 Å². The molecule has 1 aromatic carbocycles. The Morgan fingerprint density at radius 3 is 2.68 bits per heavy atom. The van der Waals surface area contributed by atoms with Crippen molar-refractivity contribution in [2.75, 3.05) is 0 Å². The molecule has 132 valence electrons. The summed E-state index contributed by atoms with van der Waals surface area (Å²) in [4.78, 5) is 24.6. The Balaban J connectivity index is 1.87. The molecule has 0 aliphatic heterocycles. The van der Waals surface area contributed by atoms with Gasteiger partial charge in [-0.25, -0.2) is 0 Å². The summed E-state index contributed by atoms with van der Waals surface area (Å²) >= 11 is 6.32. The van der Waals surface area contributed by atoms with Gasteiger partial charge in [0, 0.05) is 5.56 Å². The molecule has 0 fully saturated rings. The van der Waals surface area contributed by atoms with E-state index in [-0.39, 0.29) is 17.1 Å². The van der Waals surface area contributed by atoms with E-state index in [1.807, 2.05) is 13.8 Å². The predicted octanol–water partition coefficient (Wildman–Crippen LogP) is 2.87. The fraction of sp³-hybridized carbons (Fsp3) is 0.235. The zero-order valence-electron chi connectivity index (χ0n) is 13.9. The number of ether oxygens (including phenoxy) is 1. The van der Waals surface area contributed by atoms with Crippen LogP contribution in [-0.4, -0.2) is 23.0 Å². The van der Waals surface area contributed by atoms with Crippen molar-refractivity contribution in [1.82, 2.24) is 16.2 Å². The molecule has 0 spiro atoms. The fourth-order valence-corrected chi connectivity index (χ4v) is 2.58. The molecule has 0 saturated carbocycles. The number of carbonyl (C=O) groups excluding carboxylic acids is 2. The molecule has 1 heterocycles. The largest absolute Gasteiger partial charge is 0.491 e. The topological polar surface area (TPSA) is 79.5 Å². The number of thiocarbonyl (C=S) groups is 1. The molecular weight excluding hydrogens is 358 g/mol. The summed E-state index contributed by atoms with van der Waals surface area (Å²) in [5, 5.41) is 4.30. The van der Waals surface area contributed by atoms with E-state index in [4.69, 9.17) is 17.0 Å². The van der Waals surface area contributed by atoms with Gasteiger partial charge in [-0.15, -0.1) is 11.3 Å². The number of hydrogen-bond donors (Lipinski definition) is 3. The summed E-state index contributed by atoms with van der Waals surface area (Å²) in [6.07, 6.45) is 0.933. The number of nitrogens with one attached hydrogen (secondary N) is 3. The van der Waals surface area contributed by atoms with Crippen LogP contribution < -0.4 is 20.9 Å². The van der Waals surface area contributed by atoms with E-state index in [1.165, 1.54) is 11.3 Å². The number of hydrogen-bond acceptors (Lipinski definition) is 5. The second-order valence-corrected chi connectivity index (χ2v) is 6.56. The van der Waals surface area contributed by atoms with Crippen molar-refractivity contribution in [1.29, 1.82) is 0 Å². The third-order valence-electron chi connectivity index (χ3n) is 3.27. The second-order valence-electron chi connectivity index (χ2n) is 5.20. The normalized spacial score (nSPS) is 11.3. The first-order chi connectivity index (χ1) is 12.0. The molecule has 0 aliphatic carbocycles. The SMILES string of the molecule is CCC(C)Oc1cccc(C(=O)NC(=S)NNC(=O)c2cccs2)c1. The summed E-state index contributed by atoms with van der Waals surface area (Å²) in [5.74, 6) is -0.0973. The molecule has 0 saturated heterocycles. The van der Waals surface area contributed by atoms with E-state index in [0.717, 1.165) is 6.42 Å². The van der Waals surface area contributed by atoms with E-state index in [0.29, 0.717) is 16.2 Å². The average molecular weight is 377 g/mol. The third-order valence-corrected chi connectivity index (χ3v) is 4.34. The van der Waals surface area contributed by atoms with Crippen LogP contribution in [0.1, 0.15) is 40.3 Å². The summed E-state index contributed by atoms with van der Waals surface area (Å²) in [6.45, 7) is 3.98. The van der Waals surface area contributed by atoms with Crippen molar-refractivity contribution in [2.45, 2.75) is 26.4 Å². The Labute approximate surface area is 155 Å². The summed E-state index contributed by atoms with van der Waals surface area (Å²) in [5.41, 5.74) is 5.34. The van der Waals surface area contributed by atoms with Crippen LogP contribution in [-0.2, 0) is 0 Å². The standard InChI is InChI=1S/C17H19N3O3S2/c1-3-11(2)23-13-7-4-6-12(10-13)15(21)18-17(24)20-19-16(22)14-8-5-9-25-14/h4-11H,3H2,1-2H3,(H,19,22)(H2,18,20,21,24). The van der Waals surface area contributed by atoms with E-state index in [2.05, 4.69) is 16.2 Å². The lowest BCUT2D eigenvalue weighted by Crippen LogP contribution is -2.48. The highest BCUT2D eigenvalue weighted by atomic mass is 32.1. The number of hydrazine groups is 1. The molecule has 3 N–H and O–H groups in total.